The van der Waals surface area contributed by atoms with Crippen molar-refractivity contribution in [1.82, 2.24) is 15.2 Å². The fourth-order valence-corrected chi connectivity index (χ4v) is 3.24. The predicted molar refractivity (Wildman–Crippen MR) is 91.9 cm³/mol. The Kier molecular flexibility index (Phi) is 5.56. The van der Waals surface area contributed by atoms with Gasteiger partial charge in [-0.1, -0.05) is 30.3 Å². The van der Waals surface area contributed by atoms with Crippen LogP contribution in [0.1, 0.15) is 30.6 Å². The van der Waals surface area contributed by atoms with Crippen LogP contribution in [0.25, 0.3) is 0 Å². The van der Waals surface area contributed by atoms with Crippen LogP contribution in [0.3, 0.4) is 0 Å². The van der Waals surface area contributed by atoms with E-state index in [9.17, 15) is 9.50 Å². The minimum Gasteiger partial charge on any atom is -0.392 e. The number of likely N-dealkylation sites (tertiary alicyclic amines) is 1. The topological polar surface area (TPSA) is 48.4 Å². The van der Waals surface area contributed by atoms with E-state index in [1.807, 2.05) is 25.1 Å². The summed E-state index contributed by atoms with van der Waals surface area (Å²) < 4.78 is 13.0. The average Bonchev–Trinajstić information content (AvgIpc) is 2.93. The Morgan fingerprint density at radius 1 is 1.29 bits per heavy atom. The average molecular weight is 329 g/mol. The third-order valence-corrected chi connectivity index (χ3v) is 4.59. The Hall–Kier alpha value is -1.82. The smallest absolute Gasteiger partial charge is 0.141 e. The first kappa shape index (κ1) is 17.0. The lowest BCUT2D eigenvalue weighted by Gasteiger charge is -2.26. The van der Waals surface area contributed by atoms with Gasteiger partial charge in [0, 0.05) is 31.7 Å². The molecule has 0 amide bonds. The lowest BCUT2D eigenvalue weighted by atomic mass is 10.1. The summed E-state index contributed by atoms with van der Waals surface area (Å²) in [7, 11) is 0. The lowest BCUT2D eigenvalue weighted by Crippen LogP contribution is -2.38. The molecule has 5 heteroatoms. The van der Waals surface area contributed by atoms with Crippen LogP contribution in [0.2, 0.25) is 0 Å². The number of hydrogen-bond donors (Lipinski definition) is 2. The number of nitrogens with zero attached hydrogens (tertiary/aromatic N) is 2. The highest BCUT2D eigenvalue weighted by atomic mass is 19.1. The Balaban J connectivity index is 1.57. The summed E-state index contributed by atoms with van der Waals surface area (Å²) in [5, 5.41) is 13.5. The molecule has 4 nitrogen and oxygen atoms in total. The minimum absolute atomic E-state index is 0.0434. The van der Waals surface area contributed by atoms with Crippen molar-refractivity contribution in [3.63, 3.8) is 0 Å². The SMILES string of the molecule is CC(NCC1CC(O)CN1Cc1ccccc1)c1ccc(F)cn1. The van der Waals surface area contributed by atoms with Crippen LogP contribution in [0.5, 0.6) is 0 Å². The second-order valence-corrected chi connectivity index (χ2v) is 6.49. The molecule has 0 radical (unpaired) electrons. The highest BCUT2D eigenvalue weighted by molar-refractivity contribution is 5.15. The van der Waals surface area contributed by atoms with Crippen molar-refractivity contribution in [3.05, 3.63) is 65.7 Å². The summed E-state index contributed by atoms with van der Waals surface area (Å²) in [6.07, 6.45) is 1.73. The summed E-state index contributed by atoms with van der Waals surface area (Å²) in [6.45, 7) is 4.33. The maximum absolute atomic E-state index is 13.0. The van der Waals surface area contributed by atoms with E-state index in [2.05, 4.69) is 27.3 Å². The molecule has 2 aromatic rings. The summed E-state index contributed by atoms with van der Waals surface area (Å²) in [6, 6.07) is 13.8. The Labute approximate surface area is 142 Å². The quantitative estimate of drug-likeness (QED) is 0.855. The van der Waals surface area contributed by atoms with Gasteiger partial charge in [-0.25, -0.2) is 4.39 Å². The zero-order valence-electron chi connectivity index (χ0n) is 13.9. The van der Waals surface area contributed by atoms with Gasteiger partial charge < -0.3 is 10.4 Å². The number of aromatic nitrogens is 1. The normalized spacial score (nSPS) is 22.6. The van der Waals surface area contributed by atoms with Crippen LogP contribution < -0.4 is 5.32 Å². The van der Waals surface area contributed by atoms with Crippen molar-refractivity contribution in [1.29, 1.82) is 0 Å². The summed E-state index contributed by atoms with van der Waals surface area (Å²) in [4.78, 5) is 6.44. The predicted octanol–water partition coefficient (Wildman–Crippen LogP) is 2.51. The van der Waals surface area contributed by atoms with E-state index in [4.69, 9.17) is 0 Å². The Morgan fingerprint density at radius 2 is 2.08 bits per heavy atom. The second-order valence-electron chi connectivity index (χ2n) is 6.49. The summed E-state index contributed by atoms with van der Waals surface area (Å²) in [5.41, 5.74) is 2.08. The van der Waals surface area contributed by atoms with Crippen molar-refractivity contribution in [2.75, 3.05) is 13.1 Å². The van der Waals surface area contributed by atoms with E-state index in [1.165, 1.54) is 17.8 Å². The van der Waals surface area contributed by atoms with Crippen LogP contribution in [-0.4, -0.2) is 40.2 Å². The van der Waals surface area contributed by atoms with Gasteiger partial charge in [0.2, 0.25) is 0 Å². The molecule has 0 bridgehead atoms. The van der Waals surface area contributed by atoms with Gasteiger partial charge in [0.25, 0.3) is 0 Å². The first-order valence-corrected chi connectivity index (χ1v) is 8.42. The molecule has 2 heterocycles. The van der Waals surface area contributed by atoms with Gasteiger partial charge >= 0.3 is 0 Å². The van der Waals surface area contributed by atoms with Gasteiger partial charge in [0.05, 0.1) is 18.0 Å². The van der Waals surface area contributed by atoms with Crippen molar-refractivity contribution >= 4 is 0 Å². The summed E-state index contributed by atoms with van der Waals surface area (Å²) in [5.74, 6) is -0.320. The standard InChI is InChI=1S/C19H24FN3O/c1-14(19-8-7-16(20)10-22-19)21-11-17-9-18(24)13-23(17)12-15-5-3-2-4-6-15/h2-8,10,14,17-18,21,24H,9,11-13H2,1H3. The molecule has 1 aromatic heterocycles. The van der Waals surface area contributed by atoms with Crippen LogP contribution in [0.4, 0.5) is 4.39 Å². The number of benzene rings is 1. The highest BCUT2D eigenvalue weighted by Crippen LogP contribution is 2.21. The molecular formula is C19H24FN3O. The monoisotopic (exact) mass is 329 g/mol. The Bertz CT molecular complexity index is 635. The number of pyridine rings is 1. The fourth-order valence-electron chi connectivity index (χ4n) is 3.24. The van der Waals surface area contributed by atoms with E-state index in [1.54, 1.807) is 6.07 Å². The number of β-amino-alcohol motifs (C(OH)–C–C–N with tert-alkyl or cyclic N) is 1. The fraction of sp³-hybridized carbons (Fsp3) is 0.421. The molecule has 3 rings (SSSR count). The zero-order valence-corrected chi connectivity index (χ0v) is 13.9. The first-order valence-electron chi connectivity index (χ1n) is 8.42. The lowest BCUT2D eigenvalue weighted by molar-refractivity contribution is 0.172. The largest absolute Gasteiger partial charge is 0.392 e. The first-order chi connectivity index (χ1) is 11.6. The van der Waals surface area contributed by atoms with Crippen LogP contribution >= 0.6 is 0 Å². The van der Waals surface area contributed by atoms with E-state index < -0.39 is 0 Å². The van der Waals surface area contributed by atoms with Gasteiger partial charge in [-0.2, -0.15) is 0 Å². The number of aliphatic hydroxyl groups is 1. The van der Waals surface area contributed by atoms with Gasteiger partial charge in [0.15, 0.2) is 0 Å². The molecule has 1 aliphatic rings. The van der Waals surface area contributed by atoms with Crippen molar-refractivity contribution in [2.45, 2.75) is 38.1 Å². The molecule has 1 aliphatic heterocycles. The minimum atomic E-state index is -0.320. The van der Waals surface area contributed by atoms with Gasteiger partial charge in [-0.3, -0.25) is 9.88 Å². The van der Waals surface area contributed by atoms with Gasteiger partial charge in [-0.15, -0.1) is 0 Å². The molecule has 2 N–H and O–H groups in total. The highest BCUT2D eigenvalue weighted by Gasteiger charge is 2.30. The van der Waals surface area contributed by atoms with Crippen LogP contribution in [0, 0.1) is 5.82 Å². The molecule has 128 valence electrons. The molecule has 3 unspecified atom stereocenters. The van der Waals surface area contributed by atoms with Crippen molar-refractivity contribution in [3.8, 4) is 0 Å². The molecule has 0 saturated carbocycles. The van der Waals surface area contributed by atoms with Crippen molar-refractivity contribution < 1.29 is 9.50 Å². The summed E-state index contributed by atoms with van der Waals surface area (Å²) >= 11 is 0. The number of hydrogen-bond acceptors (Lipinski definition) is 4. The van der Waals surface area contributed by atoms with E-state index in [0.29, 0.717) is 6.54 Å². The zero-order chi connectivity index (χ0) is 16.9. The molecule has 24 heavy (non-hydrogen) atoms. The second kappa shape index (κ2) is 7.83. The molecule has 1 saturated heterocycles. The van der Waals surface area contributed by atoms with Crippen molar-refractivity contribution in [2.24, 2.45) is 0 Å². The van der Waals surface area contributed by atoms with E-state index in [-0.39, 0.29) is 24.0 Å². The van der Waals surface area contributed by atoms with Gasteiger partial charge in [0.1, 0.15) is 5.82 Å². The van der Waals surface area contributed by atoms with Gasteiger partial charge in [-0.05, 0) is 31.0 Å². The molecule has 0 spiro atoms. The Morgan fingerprint density at radius 3 is 2.79 bits per heavy atom. The molecule has 1 fully saturated rings. The van der Waals surface area contributed by atoms with Crippen LogP contribution in [-0.2, 0) is 6.54 Å². The maximum Gasteiger partial charge on any atom is 0.141 e. The molecule has 1 aromatic carbocycles. The number of aliphatic hydroxyl groups excluding tert-OH is 1. The third kappa shape index (κ3) is 4.38. The number of nitrogens with one attached hydrogen (secondary N) is 1. The number of rotatable bonds is 6. The van der Waals surface area contributed by atoms with E-state index in [0.717, 1.165) is 25.2 Å². The molecular weight excluding hydrogens is 305 g/mol. The van der Waals surface area contributed by atoms with Crippen LogP contribution in [0.15, 0.2) is 48.7 Å². The number of halogens is 1. The molecule has 0 aliphatic carbocycles. The maximum atomic E-state index is 13.0. The van der Waals surface area contributed by atoms with E-state index >= 15 is 0 Å². The molecule has 3 atom stereocenters. The third-order valence-electron chi connectivity index (χ3n) is 4.59.